The lowest BCUT2D eigenvalue weighted by Gasteiger charge is -2.06. The molecular weight excluding hydrogens is 212 g/mol. The third-order valence-corrected chi connectivity index (χ3v) is 2.84. The number of aliphatic hydroxyl groups excluding tert-OH is 1. The lowest BCUT2D eigenvalue weighted by Crippen LogP contribution is -1.98. The van der Waals surface area contributed by atoms with E-state index in [0.29, 0.717) is 5.92 Å². The molecule has 0 bridgehead atoms. The molecule has 17 heavy (non-hydrogen) atoms. The molecule has 90 valence electrons. The SMILES string of the molecule is CC(C)c1ccn(-c2ccc(C(C)O)cc2)n1. The standard InChI is InChI=1S/C14H18N2O/c1-10(2)14-8-9-16(15-14)13-6-4-12(5-7-13)11(3)17/h4-11,17H,1-3H3. The Bertz CT molecular complexity index is 483. The molecule has 0 fully saturated rings. The molecule has 1 N–H and O–H groups in total. The molecule has 1 aromatic heterocycles. The van der Waals surface area contributed by atoms with Crippen LogP contribution in [0.3, 0.4) is 0 Å². The minimum absolute atomic E-state index is 0.423. The van der Waals surface area contributed by atoms with Gasteiger partial charge in [-0.1, -0.05) is 26.0 Å². The van der Waals surface area contributed by atoms with E-state index in [4.69, 9.17) is 0 Å². The third-order valence-electron chi connectivity index (χ3n) is 2.84. The van der Waals surface area contributed by atoms with Gasteiger partial charge in [-0.3, -0.25) is 0 Å². The molecule has 0 aliphatic carbocycles. The van der Waals surface area contributed by atoms with Crippen molar-refractivity contribution in [3.8, 4) is 5.69 Å². The number of hydrogen-bond donors (Lipinski definition) is 1. The molecule has 0 aliphatic heterocycles. The van der Waals surface area contributed by atoms with Crippen molar-refractivity contribution in [3.05, 3.63) is 47.8 Å². The molecule has 1 aromatic carbocycles. The van der Waals surface area contributed by atoms with Gasteiger partial charge in [0.1, 0.15) is 0 Å². The highest BCUT2D eigenvalue weighted by atomic mass is 16.3. The van der Waals surface area contributed by atoms with Gasteiger partial charge in [-0.25, -0.2) is 4.68 Å². The van der Waals surface area contributed by atoms with Gasteiger partial charge >= 0.3 is 0 Å². The number of nitrogens with zero attached hydrogens (tertiary/aromatic N) is 2. The summed E-state index contributed by atoms with van der Waals surface area (Å²) in [5, 5.41) is 13.9. The van der Waals surface area contributed by atoms with Gasteiger partial charge in [0.25, 0.3) is 0 Å². The van der Waals surface area contributed by atoms with Crippen LogP contribution in [-0.2, 0) is 0 Å². The van der Waals surface area contributed by atoms with E-state index in [9.17, 15) is 5.11 Å². The quantitative estimate of drug-likeness (QED) is 0.880. The van der Waals surface area contributed by atoms with E-state index in [1.807, 2.05) is 41.2 Å². The van der Waals surface area contributed by atoms with Crippen molar-refractivity contribution in [1.29, 1.82) is 0 Å². The zero-order chi connectivity index (χ0) is 12.4. The van der Waals surface area contributed by atoms with Crippen LogP contribution in [0.2, 0.25) is 0 Å². The van der Waals surface area contributed by atoms with Crippen LogP contribution in [0.1, 0.15) is 44.1 Å². The minimum Gasteiger partial charge on any atom is -0.389 e. The Balaban J connectivity index is 2.27. The summed E-state index contributed by atoms with van der Waals surface area (Å²) < 4.78 is 1.86. The van der Waals surface area contributed by atoms with Crippen LogP contribution in [-0.4, -0.2) is 14.9 Å². The molecule has 0 saturated heterocycles. The zero-order valence-corrected chi connectivity index (χ0v) is 10.5. The monoisotopic (exact) mass is 230 g/mol. The Labute approximate surface area is 102 Å². The first-order valence-corrected chi connectivity index (χ1v) is 5.92. The summed E-state index contributed by atoms with van der Waals surface area (Å²) in [5.74, 6) is 0.438. The fourth-order valence-electron chi connectivity index (χ4n) is 1.70. The van der Waals surface area contributed by atoms with Crippen molar-refractivity contribution >= 4 is 0 Å². The molecule has 1 heterocycles. The van der Waals surface area contributed by atoms with Crippen LogP contribution in [0, 0.1) is 0 Å². The van der Waals surface area contributed by atoms with Gasteiger partial charge in [0, 0.05) is 6.20 Å². The van der Waals surface area contributed by atoms with Crippen LogP contribution in [0.25, 0.3) is 5.69 Å². The van der Waals surface area contributed by atoms with Crippen molar-refractivity contribution in [2.24, 2.45) is 0 Å². The maximum absolute atomic E-state index is 9.44. The highest BCUT2D eigenvalue weighted by Gasteiger charge is 2.05. The minimum atomic E-state index is -0.423. The van der Waals surface area contributed by atoms with E-state index >= 15 is 0 Å². The molecule has 0 spiro atoms. The predicted molar refractivity (Wildman–Crippen MR) is 68.3 cm³/mol. The lowest BCUT2D eigenvalue weighted by atomic mass is 10.1. The average Bonchev–Trinajstić information content (AvgIpc) is 2.78. The fourth-order valence-corrected chi connectivity index (χ4v) is 1.70. The number of aliphatic hydroxyl groups is 1. The first-order chi connectivity index (χ1) is 8.08. The Morgan fingerprint density at radius 1 is 1.06 bits per heavy atom. The second kappa shape index (κ2) is 4.72. The molecule has 1 unspecified atom stereocenters. The van der Waals surface area contributed by atoms with E-state index in [0.717, 1.165) is 16.9 Å². The molecule has 3 nitrogen and oxygen atoms in total. The Morgan fingerprint density at radius 2 is 1.71 bits per heavy atom. The van der Waals surface area contributed by atoms with Crippen molar-refractivity contribution in [3.63, 3.8) is 0 Å². The summed E-state index contributed by atoms with van der Waals surface area (Å²) in [7, 11) is 0. The van der Waals surface area contributed by atoms with E-state index in [-0.39, 0.29) is 0 Å². The summed E-state index contributed by atoms with van der Waals surface area (Å²) >= 11 is 0. The van der Waals surface area contributed by atoms with E-state index in [1.54, 1.807) is 6.92 Å². The van der Waals surface area contributed by atoms with Crippen LogP contribution in [0.5, 0.6) is 0 Å². The normalized spacial score (nSPS) is 13.0. The number of aromatic nitrogens is 2. The molecule has 0 amide bonds. The fraction of sp³-hybridized carbons (Fsp3) is 0.357. The van der Waals surface area contributed by atoms with Gasteiger partial charge in [-0.05, 0) is 36.6 Å². The summed E-state index contributed by atoms with van der Waals surface area (Å²) in [5.41, 5.74) is 3.02. The van der Waals surface area contributed by atoms with Gasteiger partial charge < -0.3 is 5.11 Å². The molecule has 2 aromatic rings. The van der Waals surface area contributed by atoms with Gasteiger partial charge in [0.15, 0.2) is 0 Å². The van der Waals surface area contributed by atoms with Crippen molar-refractivity contribution in [1.82, 2.24) is 9.78 Å². The van der Waals surface area contributed by atoms with Crippen molar-refractivity contribution < 1.29 is 5.11 Å². The molecular formula is C14H18N2O. The van der Waals surface area contributed by atoms with E-state index in [2.05, 4.69) is 18.9 Å². The molecule has 0 saturated carbocycles. The summed E-state index contributed by atoms with van der Waals surface area (Å²) in [6.07, 6.45) is 1.54. The van der Waals surface area contributed by atoms with Gasteiger partial charge in [-0.2, -0.15) is 5.10 Å². The summed E-state index contributed by atoms with van der Waals surface area (Å²) in [6.45, 7) is 6.02. The van der Waals surface area contributed by atoms with Crippen molar-refractivity contribution in [2.45, 2.75) is 32.8 Å². The highest BCUT2D eigenvalue weighted by Crippen LogP contribution is 2.17. The van der Waals surface area contributed by atoms with Crippen LogP contribution < -0.4 is 0 Å². The number of benzene rings is 1. The molecule has 2 rings (SSSR count). The summed E-state index contributed by atoms with van der Waals surface area (Å²) in [4.78, 5) is 0. The van der Waals surface area contributed by atoms with E-state index in [1.165, 1.54) is 0 Å². The van der Waals surface area contributed by atoms with Gasteiger partial charge in [0.2, 0.25) is 0 Å². The largest absolute Gasteiger partial charge is 0.389 e. The summed E-state index contributed by atoms with van der Waals surface area (Å²) in [6, 6.07) is 9.83. The smallest absolute Gasteiger partial charge is 0.0761 e. The van der Waals surface area contributed by atoms with Crippen LogP contribution >= 0.6 is 0 Å². The lowest BCUT2D eigenvalue weighted by molar-refractivity contribution is 0.199. The van der Waals surface area contributed by atoms with E-state index < -0.39 is 6.10 Å². The first-order valence-electron chi connectivity index (χ1n) is 5.92. The first kappa shape index (κ1) is 11.9. The Morgan fingerprint density at radius 3 is 2.18 bits per heavy atom. The zero-order valence-electron chi connectivity index (χ0n) is 10.5. The maximum atomic E-state index is 9.44. The number of rotatable bonds is 3. The second-order valence-corrected chi connectivity index (χ2v) is 4.61. The van der Waals surface area contributed by atoms with Gasteiger partial charge in [-0.15, -0.1) is 0 Å². The average molecular weight is 230 g/mol. The van der Waals surface area contributed by atoms with Crippen LogP contribution in [0.4, 0.5) is 0 Å². The Kier molecular flexibility index (Phi) is 3.29. The molecule has 0 radical (unpaired) electrons. The molecule has 1 atom stereocenters. The van der Waals surface area contributed by atoms with Crippen LogP contribution in [0.15, 0.2) is 36.5 Å². The van der Waals surface area contributed by atoms with Gasteiger partial charge in [0.05, 0.1) is 17.5 Å². The highest BCUT2D eigenvalue weighted by molar-refractivity contribution is 5.34. The maximum Gasteiger partial charge on any atom is 0.0761 e. The molecule has 3 heteroatoms. The number of hydrogen-bond acceptors (Lipinski definition) is 2. The predicted octanol–water partition coefficient (Wildman–Crippen LogP) is 3.05. The third kappa shape index (κ3) is 2.56. The van der Waals surface area contributed by atoms with Crippen molar-refractivity contribution in [2.75, 3.05) is 0 Å². The second-order valence-electron chi connectivity index (χ2n) is 4.61. The molecule has 0 aliphatic rings. The Hall–Kier alpha value is -1.61. The topological polar surface area (TPSA) is 38.0 Å².